The van der Waals surface area contributed by atoms with Gasteiger partial charge in [0.05, 0.1) is 18.0 Å². The van der Waals surface area contributed by atoms with Gasteiger partial charge in [0, 0.05) is 29.4 Å². The fourth-order valence-electron chi connectivity index (χ4n) is 4.31. The van der Waals surface area contributed by atoms with E-state index in [-0.39, 0.29) is 18.0 Å². The molecule has 0 unspecified atom stereocenters. The highest BCUT2D eigenvalue weighted by Crippen LogP contribution is 2.32. The second-order valence-corrected chi connectivity index (χ2v) is 8.81. The van der Waals surface area contributed by atoms with Crippen LogP contribution in [0.2, 0.25) is 0 Å². The molecule has 2 amide bonds. The molecule has 2 aromatic carbocycles. The molecule has 0 bridgehead atoms. The average molecular weight is 495 g/mol. The summed E-state index contributed by atoms with van der Waals surface area (Å²) >= 11 is 0. The van der Waals surface area contributed by atoms with Crippen LogP contribution in [-0.4, -0.2) is 39.6 Å². The number of carbonyl (C=O) groups is 2. The van der Waals surface area contributed by atoms with Gasteiger partial charge in [0.1, 0.15) is 17.4 Å². The van der Waals surface area contributed by atoms with Crippen LogP contribution in [0.5, 0.6) is 5.75 Å². The highest BCUT2D eigenvalue weighted by atomic mass is 16.5. The maximum Gasteiger partial charge on any atom is 0.271 e. The molecule has 0 radical (unpaired) electrons. The maximum absolute atomic E-state index is 13.5. The smallest absolute Gasteiger partial charge is 0.271 e. The molecule has 2 heterocycles. The number of hydrogen-bond donors (Lipinski definition) is 0. The molecule has 0 saturated heterocycles. The molecule has 0 aliphatic carbocycles. The maximum atomic E-state index is 13.5. The first kappa shape index (κ1) is 25.6. The zero-order valence-electron chi connectivity index (χ0n) is 21.4. The van der Waals surface area contributed by atoms with E-state index in [9.17, 15) is 14.9 Å². The summed E-state index contributed by atoms with van der Waals surface area (Å²) in [6, 6.07) is 19.3. The van der Waals surface area contributed by atoms with Crippen molar-refractivity contribution in [3.8, 4) is 28.8 Å². The Balaban J connectivity index is 1.84. The topological polar surface area (TPSA) is 88.2 Å². The molecule has 0 N–H and O–H groups in total. The number of para-hydroxylation sites is 1. The Morgan fingerprint density at radius 3 is 2.38 bits per heavy atom. The van der Waals surface area contributed by atoms with Gasteiger partial charge >= 0.3 is 0 Å². The van der Waals surface area contributed by atoms with Gasteiger partial charge in [-0.3, -0.25) is 14.5 Å². The minimum Gasteiger partial charge on any atom is -0.494 e. The van der Waals surface area contributed by atoms with Crippen LogP contribution < -0.4 is 4.74 Å². The number of nitriles is 1. The Morgan fingerprint density at radius 1 is 1.00 bits per heavy atom. The molecule has 1 aromatic heterocycles. The summed E-state index contributed by atoms with van der Waals surface area (Å²) in [5.41, 5.74) is 3.81. The van der Waals surface area contributed by atoms with Crippen molar-refractivity contribution in [2.45, 2.75) is 40.0 Å². The standard InChI is InChI=1S/C30H30N4O3/c1-4-6-10-17-33-29(35)26(21(3)27(19-31)30(33)36)18-23-20-34(24-11-8-7-9-12-24)32-28(23)22-13-15-25(16-14-22)37-5-2/h7-9,11-16,18,20H,4-6,10,17H2,1-3H3/b26-18+. The third-order valence-electron chi connectivity index (χ3n) is 6.31. The number of carbonyl (C=O) groups excluding carboxylic acids is 2. The summed E-state index contributed by atoms with van der Waals surface area (Å²) in [7, 11) is 0. The van der Waals surface area contributed by atoms with E-state index in [1.54, 1.807) is 17.7 Å². The SMILES string of the molecule is CCCCCN1C(=O)C(C#N)=C(C)/C(=C\c2cn(-c3ccccc3)nc2-c2ccc(OCC)cc2)C1=O. The van der Waals surface area contributed by atoms with Gasteiger partial charge in [-0.25, -0.2) is 4.68 Å². The predicted octanol–water partition coefficient (Wildman–Crippen LogP) is 5.72. The molecular formula is C30H30N4O3. The van der Waals surface area contributed by atoms with E-state index in [2.05, 4.69) is 6.92 Å². The highest BCUT2D eigenvalue weighted by Gasteiger charge is 2.35. The predicted molar refractivity (Wildman–Crippen MR) is 143 cm³/mol. The number of aromatic nitrogens is 2. The number of ether oxygens (including phenoxy) is 1. The van der Waals surface area contributed by atoms with Gasteiger partial charge < -0.3 is 4.74 Å². The van der Waals surface area contributed by atoms with Gasteiger partial charge in [0.2, 0.25) is 0 Å². The molecule has 3 aromatic rings. The van der Waals surface area contributed by atoms with E-state index in [1.165, 1.54) is 4.90 Å². The molecule has 0 fully saturated rings. The summed E-state index contributed by atoms with van der Waals surface area (Å²) < 4.78 is 7.34. The van der Waals surface area contributed by atoms with Crippen molar-refractivity contribution >= 4 is 17.9 Å². The highest BCUT2D eigenvalue weighted by molar-refractivity contribution is 6.19. The molecular weight excluding hydrogens is 464 g/mol. The fourth-order valence-corrected chi connectivity index (χ4v) is 4.31. The molecule has 7 nitrogen and oxygen atoms in total. The number of hydrogen-bond acceptors (Lipinski definition) is 5. The first-order valence-corrected chi connectivity index (χ1v) is 12.6. The molecule has 188 valence electrons. The van der Waals surface area contributed by atoms with Gasteiger partial charge in [-0.05, 0) is 68.3 Å². The first-order chi connectivity index (χ1) is 18.0. The average Bonchev–Trinajstić information content (AvgIpc) is 3.34. The van der Waals surface area contributed by atoms with Gasteiger partial charge in [-0.15, -0.1) is 0 Å². The summed E-state index contributed by atoms with van der Waals surface area (Å²) in [5, 5.41) is 14.6. The van der Waals surface area contributed by atoms with E-state index in [0.717, 1.165) is 29.8 Å². The van der Waals surface area contributed by atoms with E-state index in [0.29, 0.717) is 35.4 Å². The van der Waals surface area contributed by atoms with Gasteiger partial charge in [-0.1, -0.05) is 38.0 Å². The van der Waals surface area contributed by atoms with Crippen molar-refractivity contribution in [1.29, 1.82) is 5.26 Å². The first-order valence-electron chi connectivity index (χ1n) is 12.6. The Kier molecular flexibility index (Phi) is 7.99. The van der Waals surface area contributed by atoms with Crippen LogP contribution in [-0.2, 0) is 9.59 Å². The summed E-state index contributed by atoms with van der Waals surface area (Å²) in [6.45, 7) is 6.51. The van der Waals surface area contributed by atoms with Crippen LogP contribution in [0.3, 0.4) is 0 Å². The van der Waals surface area contributed by atoms with Gasteiger partial charge in [0.15, 0.2) is 0 Å². The van der Waals surface area contributed by atoms with Crippen LogP contribution in [0.15, 0.2) is 77.5 Å². The summed E-state index contributed by atoms with van der Waals surface area (Å²) in [5.74, 6) is -0.151. The lowest BCUT2D eigenvalue weighted by Gasteiger charge is -2.27. The van der Waals surface area contributed by atoms with Crippen LogP contribution in [0.1, 0.15) is 45.6 Å². The lowest BCUT2D eigenvalue weighted by molar-refractivity contribution is -0.140. The molecule has 0 spiro atoms. The monoisotopic (exact) mass is 494 g/mol. The Labute approximate surface area is 217 Å². The van der Waals surface area contributed by atoms with Crippen LogP contribution in [0.25, 0.3) is 23.0 Å². The molecule has 7 heteroatoms. The van der Waals surface area contributed by atoms with Gasteiger partial charge in [-0.2, -0.15) is 10.4 Å². The molecule has 0 atom stereocenters. The number of amides is 2. The lowest BCUT2D eigenvalue weighted by atomic mass is 9.93. The second kappa shape index (κ2) is 11.5. The van der Waals surface area contributed by atoms with E-state index < -0.39 is 5.91 Å². The largest absolute Gasteiger partial charge is 0.494 e. The molecule has 37 heavy (non-hydrogen) atoms. The van der Waals surface area contributed by atoms with Gasteiger partial charge in [0.25, 0.3) is 11.8 Å². The number of unbranched alkanes of at least 4 members (excludes halogenated alkanes) is 2. The second-order valence-electron chi connectivity index (χ2n) is 8.81. The number of nitrogens with zero attached hydrogens (tertiary/aromatic N) is 4. The van der Waals surface area contributed by atoms with Crippen molar-refractivity contribution in [2.24, 2.45) is 0 Å². The summed E-state index contributed by atoms with van der Waals surface area (Å²) in [4.78, 5) is 27.6. The molecule has 0 saturated carbocycles. The number of benzene rings is 2. The Hall–Kier alpha value is -4.44. The molecule has 4 rings (SSSR count). The van der Waals surface area contributed by atoms with Crippen LogP contribution in [0.4, 0.5) is 0 Å². The van der Waals surface area contributed by atoms with Crippen LogP contribution >= 0.6 is 0 Å². The molecule has 1 aliphatic rings. The third kappa shape index (κ3) is 5.39. The minimum atomic E-state index is -0.523. The van der Waals surface area contributed by atoms with E-state index in [4.69, 9.17) is 9.84 Å². The fraction of sp³-hybridized carbons (Fsp3) is 0.267. The van der Waals surface area contributed by atoms with Crippen molar-refractivity contribution in [2.75, 3.05) is 13.2 Å². The zero-order valence-corrected chi connectivity index (χ0v) is 21.4. The van der Waals surface area contributed by atoms with E-state index in [1.807, 2.05) is 73.8 Å². The van der Waals surface area contributed by atoms with Crippen molar-refractivity contribution < 1.29 is 14.3 Å². The quantitative estimate of drug-likeness (QED) is 0.216. The third-order valence-corrected chi connectivity index (χ3v) is 6.31. The minimum absolute atomic E-state index is 0.000386. The van der Waals surface area contributed by atoms with E-state index >= 15 is 0 Å². The number of rotatable bonds is 9. The van der Waals surface area contributed by atoms with Crippen molar-refractivity contribution in [1.82, 2.24) is 14.7 Å². The van der Waals surface area contributed by atoms with Crippen LogP contribution in [0, 0.1) is 11.3 Å². The van der Waals surface area contributed by atoms with Crippen molar-refractivity contribution in [3.63, 3.8) is 0 Å². The Bertz CT molecular complexity index is 1390. The Morgan fingerprint density at radius 2 is 1.73 bits per heavy atom. The lowest BCUT2D eigenvalue weighted by Crippen LogP contribution is -2.43. The number of imide groups is 1. The normalized spacial score (nSPS) is 14.9. The summed E-state index contributed by atoms with van der Waals surface area (Å²) in [6.07, 6.45) is 6.16. The molecule has 1 aliphatic heterocycles. The zero-order chi connectivity index (χ0) is 26.4. The van der Waals surface area contributed by atoms with Crippen molar-refractivity contribution in [3.05, 3.63) is 83.1 Å².